The minimum atomic E-state index is -0.393. The van der Waals surface area contributed by atoms with Gasteiger partial charge in [-0.05, 0) is 55.5 Å². The van der Waals surface area contributed by atoms with Gasteiger partial charge in [-0.15, -0.1) is 10.2 Å². The number of hydrogen-bond acceptors (Lipinski definition) is 7. The van der Waals surface area contributed by atoms with Gasteiger partial charge in [0, 0.05) is 30.2 Å². The van der Waals surface area contributed by atoms with Crippen LogP contribution in [-0.2, 0) is 9.53 Å². The van der Waals surface area contributed by atoms with Crippen LogP contribution in [0.15, 0.2) is 82.6 Å². The Morgan fingerprint density at radius 3 is 2.44 bits per heavy atom. The van der Waals surface area contributed by atoms with E-state index in [0.717, 1.165) is 43.4 Å². The first-order valence-corrected chi connectivity index (χ1v) is 12.0. The molecule has 2 aromatic heterocycles. The van der Waals surface area contributed by atoms with Gasteiger partial charge < -0.3 is 19.4 Å². The molecule has 2 aromatic carbocycles. The van der Waals surface area contributed by atoms with Crippen LogP contribution < -0.4 is 10.2 Å². The predicted octanol–water partition coefficient (Wildman–Crippen LogP) is 4.48. The number of benzene rings is 2. The van der Waals surface area contributed by atoms with Crippen LogP contribution in [0, 0.1) is 0 Å². The Hall–Kier alpha value is -3.56. The quantitative estimate of drug-likeness (QED) is 0.394. The molecule has 9 heteroatoms. The van der Waals surface area contributed by atoms with E-state index in [0.29, 0.717) is 16.7 Å². The van der Waals surface area contributed by atoms with Crippen molar-refractivity contribution < 1.29 is 13.9 Å². The molecule has 0 bridgehead atoms. The Bertz CT molecular complexity index is 1220. The highest BCUT2D eigenvalue weighted by molar-refractivity contribution is 8.00. The number of carbonyl (C=O) groups excluding carboxylic acids is 1. The van der Waals surface area contributed by atoms with Gasteiger partial charge in [-0.1, -0.05) is 30.0 Å². The fourth-order valence-corrected chi connectivity index (χ4v) is 4.62. The fourth-order valence-electron chi connectivity index (χ4n) is 3.75. The maximum atomic E-state index is 13.0. The predicted molar refractivity (Wildman–Crippen MR) is 132 cm³/mol. The summed E-state index contributed by atoms with van der Waals surface area (Å²) in [4.78, 5) is 15.2. The molecule has 3 heterocycles. The van der Waals surface area contributed by atoms with Crippen LogP contribution in [0.25, 0.3) is 17.3 Å². The lowest BCUT2D eigenvalue weighted by Gasteiger charge is -2.28. The number of nitrogens with zero attached hydrogens (tertiary/aromatic N) is 4. The van der Waals surface area contributed by atoms with E-state index >= 15 is 0 Å². The second kappa shape index (κ2) is 10.1. The van der Waals surface area contributed by atoms with Crippen molar-refractivity contribution in [3.63, 3.8) is 0 Å². The van der Waals surface area contributed by atoms with Gasteiger partial charge in [0.25, 0.3) is 0 Å². The van der Waals surface area contributed by atoms with Gasteiger partial charge in [0.15, 0.2) is 10.9 Å². The van der Waals surface area contributed by atoms with E-state index in [1.165, 1.54) is 11.8 Å². The van der Waals surface area contributed by atoms with Crippen LogP contribution in [0.4, 0.5) is 11.4 Å². The van der Waals surface area contributed by atoms with Crippen molar-refractivity contribution in [2.45, 2.75) is 17.3 Å². The second-order valence-electron chi connectivity index (χ2n) is 7.85. The van der Waals surface area contributed by atoms with Gasteiger partial charge >= 0.3 is 0 Å². The summed E-state index contributed by atoms with van der Waals surface area (Å²) in [6.07, 6.45) is 1.60. The molecule has 5 rings (SSSR count). The number of ether oxygens (including phenoxy) is 1. The number of nitrogens with one attached hydrogen (secondary N) is 1. The van der Waals surface area contributed by atoms with Crippen molar-refractivity contribution in [1.82, 2.24) is 14.8 Å². The highest BCUT2D eigenvalue weighted by Gasteiger charge is 2.23. The second-order valence-corrected chi connectivity index (χ2v) is 9.16. The molecule has 1 atom stereocenters. The molecule has 1 unspecified atom stereocenters. The number of anilines is 2. The van der Waals surface area contributed by atoms with Crippen LogP contribution >= 0.6 is 11.8 Å². The zero-order chi connectivity index (χ0) is 23.3. The number of amides is 1. The summed E-state index contributed by atoms with van der Waals surface area (Å²) in [5.41, 5.74) is 2.79. The van der Waals surface area contributed by atoms with Gasteiger partial charge in [-0.25, -0.2) is 0 Å². The molecule has 0 spiro atoms. The van der Waals surface area contributed by atoms with Crippen LogP contribution in [0.5, 0.6) is 0 Å². The largest absolute Gasteiger partial charge is 0.461 e. The van der Waals surface area contributed by atoms with Gasteiger partial charge in [-0.2, -0.15) is 0 Å². The zero-order valence-electron chi connectivity index (χ0n) is 18.8. The number of carbonyl (C=O) groups is 1. The summed E-state index contributed by atoms with van der Waals surface area (Å²) in [5, 5.41) is 11.9. The molecule has 174 valence electrons. The van der Waals surface area contributed by atoms with E-state index in [2.05, 4.69) is 20.4 Å². The van der Waals surface area contributed by atoms with Crippen molar-refractivity contribution in [3.05, 3.63) is 73.0 Å². The number of morpholine rings is 1. The molecule has 1 aliphatic heterocycles. The Morgan fingerprint density at radius 1 is 0.971 bits per heavy atom. The first-order valence-electron chi connectivity index (χ1n) is 11.1. The molecule has 4 aromatic rings. The maximum absolute atomic E-state index is 13.0. The molecular weight excluding hydrogens is 450 g/mol. The normalized spacial score (nSPS) is 14.7. The van der Waals surface area contributed by atoms with E-state index in [9.17, 15) is 4.79 Å². The monoisotopic (exact) mass is 475 g/mol. The molecule has 1 N–H and O–H groups in total. The van der Waals surface area contributed by atoms with Crippen molar-refractivity contribution in [2.24, 2.45) is 0 Å². The summed E-state index contributed by atoms with van der Waals surface area (Å²) >= 11 is 1.35. The van der Waals surface area contributed by atoms with E-state index in [-0.39, 0.29) is 5.91 Å². The summed E-state index contributed by atoms with van der Waals surface area (Å²) in [6, 6.07) is 21.4. The van der Waals surface area contributed by atoms with Crippen LogP contribution in [0.1, 0.15) is 6.92 Å². The van der Waals surface area contributed by atoms with Crippen molar-refractivity contribution in [3.8, 4) is 17.3 Å². The van der Waals surface area contributed by atoms with Gasteiger partial charge in [0.2, 0.25) is 11.7 Å². The summed E-state index contributed by atoms with van der Waals surface area (Å²) < 4.78 is 12.9. The molecule has 8 nitrogen and oxygen atoms in total. The number of hydrogen-bond donors (Lipinski definition) is 1. The fraction of sp³-hybridized carbons (Fsp3) is 0.240. The zero-order valence-corrected chi connectivity index (χ0v) is 19.6. The Morgan fingerprint density at radius 2 is 1.74 bits per heavy atom. The van der Waals surface area contributed by atoms with Gasteiger partial charge in [0.05, 0.1) is 24.7 Å². The lowest BCUT2D eigenvalue weighted by atomic mass is 10.2. The van der Waals surface area contributed by atoms with Crippen LogP contribution in [0.2, 0.25) is 0 Å². The lowest BCUT2D eigenvalue weighted by Crippen LogP contribution is -2.36. The summed E-state index contributed by atoms with van der Waals surface area (Å²) in [6.45, 7) is 5.09. The molecule has 34 heavy (non-hydrogen) atoms. The highest BCUT2D eigenvalue weighted by Crippen LogP contribution is 2.31. The minimum absolute atomic E-state index is 0.105. The Balaban J connectivity index is 1.30. The Kier molecular flexibility index (Phi) is 6.64. The number of aromatic nitrogens is 3. The topological polar surface area (TPSA) is 85.4 Å². The first kappa shape index (κ1) is 22.2. The molecule has 0 radical (unpaired) electrons. The molecular formula is C25H25N5O3S. The van der Waals surface area contributed by atoms with E-state index < -0.39 is 5.25 Å². The smallest absolute Gasteiger partial charge is 0.237 e. The molecule has 1 amide bonds. The minimum Gasteiger partial charge on any atom is -0.461 e. The third-order valence-corrected chi connectivity index (χ3v) is 6.59. The molecule has 1 saturated heterocycles. The molecule has 0 aliphatic carbocycles. The Labute approximate surface area is 201 Å². The molecule has 1 aliphatic rings. The lowest BCUT2D eigenvalue weighted by molar-refractivity contribution is -0.115. The maximum Gasteiger partial charge on any atom is 0.237 e. The van der Waals surface area contributed by atoms with Crippen molar-refractivity contribution in [2.75, 3.05) is 36.5 Å². The van der Waals surface area contributed by atoms with E-state index in [1.807, 2.05) is 78.2 Å². The highest BCUT2D eigenvalue weighted by atomic mass is 32.2. The first-order chi connectivity index (χ1) is 16.7. The number of rotatable bonds is 7. The van der Waals surface area contributed by atoms with Crippen molar-refractivity contribution in [1.29, 1.82) is 0 Å². The SMILES string of the molecule is CC(Sc1nnc(-c2ccco2)n1-c1ccccc1)C(=O)Nc1ccc(N2CCOCC2)cc1. The third-order valence-electron chi connectivity index (χ3n) is 5.55. The average Bonchev–Trinajstić information content (AvgIpc) is 3.56. The standard InChI is InChI=1S/C25H25N5O3S/c1-18(24(31)26-19-9-11-20(12-10-19)29-13-16-32-17-14-29)34-25-28-27-23(22-8-5-15-33-22)30(25)21-6-3-2-4-7-21/h2-12,15,18H,13-14,16-17H2,1H3,(H,26,31). The van der Waals surface area contributed by atoms with Crippen molar-refractivity contribution >= 4 is 29.0 Å². The number of thioether (sulfide) groups is 1. The summed E-state index contributed by atoms with van der Waals surface area (Å²) in [5.74, 6) is 1.09. The third kappa shape index (κ3) is 4.85. The van der Waals surface area contributed by atoms with Crippen LogP contribution in [-0.4, -0.2) is 52.2 Å². The average molecular weight is 476 g/mol. The number of furan rings is 1. The summed E-state index contributed by atoms with van der Waals surface area (Å²) in [7, 11) is 0. The number of para-hydroxylation sites is 1. The molecule has 1 fully saturated rings. The molecule has 0 saturated carbocycles. The van der Waals surface area contributed by atoms with Crippen LogP contribution in [0.3, 0.4) is 0 Å². The van der Waals surface area contributed by atoms with E-state index in [1.54, 1.807) is 6.26 Å². The van der Waals surface area contributed by atoms with Gasteiger partial charge in [0.1, 0.15) is 0 Å². The van der Waals surface area contributed by atoms with Gasteiger partial charge in [-0.3, -0.25) is 9.36 Å². The van der Waals surface area contributed by atoms with E-state index in [4.69, 9.17) is 9.15 Å².